The van der Waals surface area contributed by atoms with Crippen molar-refractivity contribution in [1.82, 2.24) is 14.9 Å². The monoisotopic (exact) mass is 322 g/mol. The van der Waals surface area contributed by atoms with Crippen LogP contribution in [0.15, 0.2) is 42.6 Å². The molecule has 0 unspecified atom stereocenters. The molecule has 0 bridgehead atoms. The SMILES string of the molecule is O=C(CC1CC1)N1CC(CNc2ccnc(-c3ccccc3)n2)C1. The molecule has 0 atom stereocenters. The van der Waals surface area contributed by atoms with E-state index in [1.165, 1.54) is 12.8 Å². The Balaban J connectivity index is 1.27. The van der Waals surface area contributed by atoms with Gasteiger partial charge in [-0.2, -0.15) is 0 Å². The van der Waals surface area contributed by atoms with Crippen LogP contribution < -0.4 is 5.32 Å². The fraction of sp³-hybridized carbons (Fsp3) is 0.421. The summed E-state index contributed by atoms with van der Waals surface area (Å²) in [6.45, 7) is 2.59. The first-order valence-corrected chi connectivity index (χ1v) is 8.68. The van der Waals surface area contributed by atoms with Crippen LogP contribution in [0.25, 0.3) is 11.4 Å². The zero-order valence-corrected chi connectivity index (χ0v) is 13.7. The Bertz CT molecular complexity index is 708. The molecule has 0 spiro atoms. The highest BCUT2D eigenvalue weighted by molar-refractivity contribution is 5.77. The van der Waals surface area contributed by atoms with Crippen molar-refractivity contribution in [3.8, 4) is 11.4 Å². The van der Waals surface area contributed by atoms with Crippen LogP contribution >= 0.6 is 0 Å². The van der Waals surface area contributed by atoms with Crippen LogP contribution in [0, 0.1) is 11.8 Å². The molecule has 24 heavy (non-hydrogen) atoms. The number of anilines is 1. The van der Waals surface area contributed by atoms with E-state index in [9.17, 15) is 4.79 Å². The van der Waals surface area contributed by atoms with E-state index in [-0.39, 0.29) is 0 Å². The standard InChI is InChI=1S/C19H22N4O/c24-18(10-14-6-7-14)23-12-15(13-23)11-21-17-8-9-20-19(22-17)16-4-2-1-3-5-16/h1-5,8-9,14-15H,6-7,10-13H2,(H,20,21,22). The maximum atomic E-state index is 12.0. The van der Waals surface area contributed by atoms with Crippen LogP contribution in [0.5, 0.6) is 0 Å². The molecule has 5 nitrogen and oxygen atoms in total. The highest BCUT2D eigenvalue weighted by Crippen LogP contribution is 2.33. The maximum absolute atomic E-state index is 12.0. The summed E-state index contributed by atoms with van der Waals surface area (Å²) in [6.07, 6.45) is 5.01. The van der Waals surface area contributed by atoms with E-state index in [1.54, 1.807) is 6.20 Å². The molecule has 1 aromatic carbocycles. The molecular weight excluding hydrogens is 300 g/mol. The first kappa shape index (κ1) is 15.1. The number of benzene rings is 1. The van der Waals surface area contributed by atoms with Gasteiger partial charge in [-0.3, -0.25) is 4.79 Å². The van der Waals surface area contributed by atoms with Gasteiger partial charge in [-0.05, 0) is 24.8 Å². The number of likely N-dealkylation sites (tertiary alicyclic amines) is 1. The summed E-state index contributed by atoms with van der Waals surface area (Å²) >= 11 is 0. The number of carbonyl (C=O) groups excluding carboxylic acids is 1. The van der Waals surface area contributed by atoms with Crippen molar-refractivity contribution in [2.75, 3.05) is 25.0 Å². The molecule has 1 aliphatic carbocycles. The zero-order chi connectivity index (χ0) is 16.4. The quantitative estimate of drug-likeness (QED) is 0.888. The van der Waals surface area contributed by atoms with Gasteiger partial charge in [0.25, 0.3) is 0 Å². The van der Waals surface area contributed by atoms with Crippen LogP contribution in [0.4, 0.5) is 5.82 Å². The van der Waals surface area contributed by atoms with E-state index in [1.807, 2.05) is 41.3 Å². The molecule has 2 heterocycles. The summed E-state index contributed by atoms with van der Waals surface area (Å²) in [6, 6.07) is 11.9. The lowest BCUT2D eigenvalue weighted by Gasteiger charge is -2.39. The molecule has 1 saturated heterocycles. The Morgan fingerprint density at radius 2 is 1.92 bits per heavy atom. The minimum atomic E-state index is 0.335. The Morgan fingerprint density at radius 3 is 2.67 bits per heavy atom. The number of amides is 1. The minimum Gasteiger partial charge on any atom is -0.370 e. The highest BCUT2D eigenvalue weighted by atomic mass is 16.2. The van der Waals surface area contributed by atoms with Crippen molar-refractivity contribution in [2.24, 2.45) is 11.8 Å². The summed E-state index contributed by atoms with van der Waals surface area (Å²) in [5, 5.41) is 3.38. The van der Waals surface area contributed by atoms with Gasteiger partial charge in [0, 0.05) is 43.7 Å². The van der Waals surface area contributed by atoms with Gasteiger partial charge in [0.15, 0.2) is 5.82 Å². The molecule has 0 radical (unpaired) electrons. The summed E-state index contributed by atoms with van der Waals surface area (Å²) in [5.41, 5.74) is 1.02. The van der Waals surface area contributed by atoms with E-state index in [4.69, 9.17) is 0 Å². The van der Waals surface area contributed by atoms with Gasteiger partial charge >= 0.3 is 0 Å². The molecule has 1 amide bonds. The smallest absolute Gasteiger partial charge is 0.222 e. The summed E-state index contributed by atoms with van der Waals surface area (Å²) in [7, 11) is 0. The number of aromatic nitrogens is 2. The fourth-order valence-corrected chi connectivity index (χ4v) is 3.03. The third-order valence-electron chi connectivity index (χ3n) is 4.73. The number of nitrogens with one attached hydrogen (secondary N) is 1. The lowest BCUT2D eigenvalue weighted by Crippen LogP contribution is -2.52. The molecule has 1 saturated carbocycles. The zero-order valence-electron chi connectivity index (χ0n) is 13.7. The first-order valence-electron chi connectivity index (χ1n) is 8.68. The largest absolute Gasteiger partial charge is 0.370 e. The highest BCUT2D eigenvalue weighted by Gasteiger charge is 2.33. The normalized spacial score (nSPS) is 17.4. The second-order valence-electron chi connectivity index (χ2n) is 6.82. The molecule has 2 aliphatic rings. The minimum absolute atomic E-state index is 0.335. The van der Waals surface area contributed by atoms with Gasteiger partial charge in [-0.15, -0.1) is 0 Å². The van der Waals surface area contributed by atoms with Gasteiger partial charge in [0.1, 0.15) is 5.82 Å². The van der Waals surface area contributed by atoms with Crippen molar-refractivity contribution in [1.29, 1.82) is 0 Å². The number of hydrogen-bond donors (Lipinski definition) is 1. The average Bonchev–Trinajstić information content (AvgIpc) is 3.38. The van der Waals surface area contributed by atoms with E-state index in [0.29, 0.717) is 17.7 Å². The number of rotatable bonds is 6. The molecular formula is C19H22N4O. The fourth-order valence-electron chi connectivity index (χ4n) is 3.03. The van der Waals surface area contributed by atoms with Gasteiger partial charge < -0.3 is 10.2 Å². The third kappa shape index (κ3) is 3.55. The predicted octanol–water partition coefficient (Wildman–Crippen LogP) is 2.81. The lowest BCUT2D eigenvalue weighted by atomic mass is 9.99. The topological polar surface area (TPSA) is 58.1 Å². The molecule has 2 aromatic rings. The molecule has 1 aromatic heterocycles. The van der Waals surface area contributed by atoms with E-state index in [2.05, 4.69) is 15.3 Å². The second kappa shape index (κ2) is 6.59. The van der Waals surface area contributed by atoms with Crippen molar-refractivity contribution in [3.63, 3.8) is 0 Å². The summed E-state index contributed by atoms with van der Waals surface area (Å²) in [5.74, 6) is 3.10. The van der Waals surface area contributed by atoms with Crippen molar-refractivity contribution >= 4 is 11.7 Å². The van der Waals surface area contributed by atoms with Crippen LogP contribution in [-0.2, 0) is 4.79 Å². The van der Waals surface area contributed by atoms with Gasteiger partial charge in [-0.25, -0.2) is 9.97 Å². The number of nitrogens with zero attached hydrogens (tertiary/aromatic N) is 3. The average molecular weight is 322 g/mol. The summed E-state index contributed by atoms with van der Waals surface area (Å²) in [4.78, 5) is 22.9. The Labute approximate surface area is 142 Å². The Kier molecular flexibility index (Phi) is 4.15. The van der Waals surface area contributed by atoms with Crippen LogP contribution in [-0.4, -0.2) is 40.4 Å². The molecule has 4 rings (SSSR count). The van der Waals surface area contributed by atoms with Gasteiger partial charge in [0.05, 0.1) is 0 Å². The van der Waals surface area contributed by atoms with Crippen molar-refractivity contribution in [3.05, 3.63) is 42.6 Å². The first-order chi connectivity index (χ1) is 11.8. The maximum Gasteiger partial charge on any atom is 0.222 e. The van der Waals surface area contributed by atoms with Crippen molar-refractivity contribution < 1.29 is 4.79 Å². The van der Waals surface area contributed by atoms with E-state index < -0.39 is 0 Å². The molecule has 1 N–H and O–H groups in total. The van der Waals surface area contributed by atoms with E-state index >= 15 is 0 Å². The van der Waals surface area contributed by atoms with Crippen LogP contribution in [0.2, 0.25) is 0 Å². The van der Waals surface area contributed by atoms with E-state index in [0.717, 1.165) is 43.3 Å². The predicted molar refractivity (Wildman–Crippen MR) is 93.4 cm³/mol. The lowest BCUT2D eigenvalue weighted by molar-refractivity contribution is -0.137. The van der Waals surface area contributed by atoms with Crippen LogP contribution in [0.1, 0.15) is 19.3 Å². The molecule has 124 valence electrons. The number of carbonyl (C=O) groups is 1. The van der Waals surface area contributed by atoms with Gasteiger partial charge in [-0.1, -0.05) is 30.3 Å². The van der Waals surface area contributed by atoms with Crippen molar-refractivity contribution in [2.45, 2.75) is 19.3 Å². The molecule has 5 heteroatoms. The summed E-state index contributed by atoms with van der Waals surface area (Å²) < 4.78 is 0. The van der Waals surface area contributed by atoms with Gasteiger partial charge in [0.2, 0.25) is 5.91 Å². The van der Waals surface area contributed by atoms with Crippen LogP contribution in [0.3, 0.4) is 0 Å². The third-order valence-corrected chi connectivity index (χ3v) is 4.73. The molecule has 2 fully saturated rings. The molecule has 1 aliphatic heterocycles. The second-order valence-corrected chi connectivity index (χ2v) is 6.82. The Morgan fingerprint density at radius 1 is 1.12 bits per heavy atom. The number of hydrogen-bond acceptors (Lipinski definition) is 4. The Hall–Kier alpha value is -2.43.